The van der Waals surface area contributed by atoms with Crippen LogP contribution in [0.2, 0.25) is 5.02 Å². The maximum atomic E-state index is 12.1. The van der Waals surface area contributed by atoms with Gasteiger partial charge in [-0.3, -0.25) is 0 Å². The van der Waals surface area contributed by atoms with Gasteiger partial charge < -0.3 is 14.4 Å². The number of hydrogen-bond donors (Lipinski definition) is 1. The van der Waals surface area contributed by atoms with E-state index < -0.39 is 10.0 Å². The average Bonchev–Trinajstić information content (AvgIpc) is 3.42. The van der Waals surface area contributed by atoms with Gasteiger partial charge in [0.1, 0.15) is 12.0 Å². The fourth-order valence-electron chi connectivity index (χ4n) is 3.39. The quantitative estimate of drug-likeness (QED) is 0.154. The molecule has 0 saturated carbocycles. The summed E-state index contributed by atoms with van der Waals surface area (Å²) in [6.45, 7) is 4.32. The molecule has 0 aliphatic rings. The number of thiophene rings is 1. The molecule has 0 aliphatic heterocycles. The molecule has 1 N–H and O–H groups in total. The molecule has 3 aromatic rings. The second-order valence-electron chi connectivity index (χ2n) is 8.62. The van der Waals surface area contributed by atoms with Gasteiger partial charge in [0, 0.05) is 30.1 Å². The van der Waals surface area contributed by atoms with Gasteiger partial charge in [-0.15, -0.1) is 6.42 Å². The number of unbranched alkanes of at least 4 members (excludes halogenated alkanes) is 1. The summed E-state index contributed by atoms with van der Waals surface area (Å²) in [5.41, 5.74) is 3.23. The highest BCUT2D eigenvalue weighted by molar-refractivity contribution is 7.89. The van der Waals surface area contributed by atoms with Gasteiger partial charge in [0.15, 0.2) is 0 Å². The zero-order valence-corrected chi connectivity index (χ0v) is 24.2. The molecular formula is C29H35ClN2O4S2. The second kappa shape index (κ2) is 17.0. The van der Waals surface area contributed by atoms with Crippen molar-refractivity contribution in [3.8, 4) is 18.1 Å². The third-order valence-electron chi connectivity index (χ3n) is 5.50. The number of rotatable bonds is 14. The van der Waals surface area contributed by atoms with Gasteiger partial charge in [0.2, 0.25) is 10.0 Å². The zero-order chi connectivity index (χ0) is 27.8. The van der Waals surface area contributed by atoms with Crippen LogP contribution in [0, 0.1) is 12.3 Å². The van der Waals surface area contributed by atoms with Crippen molar-refractivity contribution in [1.29, 1.82) is 0 Å². The normalized spacial score (nSPS) is 10.9. The predicted octanol–water partition coefficient (Wildman–Crippen LogP) is 5.59. The second-order valence-corrected chi connectivity index (χ2v) is 11.6. The van der Waals surface area contributed by atoms with Crippen LogP contribution in [0.1, 0.15) is 36.5 Å². The van der Waals surface area contributed by atoms with Crippen molar-refractivity contribution in [2.45, 2.75) is 44.0 Å². The number of halogens is 1. The highest BCUT2D eigenvalue weighted by Gasteiger charge is 2.13. The molecule has 0 amide bonds. The lowest BCUT2D eigenvalue weighted by Crippen LogP contribution is -2.24. The highest BCUT2D eigenvalue weighted by atomic mass is 35.5. The third-order valence-corrected chi connectivity index (χ3v) is 7.88. The van der Waals surface area contributed by atoms with E-state index in [1.54, 1.807) is 23.5 Å². The lowest BCUT2D eigenvalue weighted by molar-refractivity contribution is -0.107. The summed E-state index contributed by atoms with van der Waals surface area (Å²) in [7, 11) is -1.52. The van der Waals surface area contributed by atoms with E-state index in [0.29, 0.717) is 24.6 Å². The number of hydrogen-bond acceptors (Lipinski definition) is 6. The standard InChI is InChI=1S/C23H29ClN2O3S.C6H6OS/c1-4-6-16-29-23-12-9-21(24)17-20(23)18-26(3)15-13-19-7-10-22(11-8-19)30(27,28)25-14-5-2;7-3-1-6-2-4-8-5-6/h2,7-12,17,25H,4,6,13-16,18H2,1,3H3;2-5H,1H2. The van der Waals surface area contributed by atoms with Crippen LogP contribution in [0.3, 0.4) is 0 Å². The fourth-order valence-corrected chi connectivity index (χ4v) is 5.20. The van der Waals surface area contributed by atoms with Crippen LogP contribution in [0.4, 0.5) is 0 Å². The number of benzene rings is 2. The van der Waals surface area contributed by atoms with Crippen LogP contribution < -0.4 is 9.46 Å². The van der Waals surface area contributed by atoms with E-state index in [0.717, 1.165) is 54.5 Å². The maximum Gasteiger partial charge on any atom is 0.241 e. The van der Waals surface area contributed by atoms with E-state index in [2.05, 4.69) is 22.5 Å². The summed E-state index contributed by atoms with van der Waals surface area (Å²) in [6.07, 6.45) is 9.48. The summed E-state index contributed by atoms with van der Waals surface area (Å²) >= 11 is 7.80. The molecule has 6 nitrogen and oxygen atoms in total. The first kappa shape index (κ1) is 31.5. The first-order chi connectivity index (χ1) is 18.3. The SMILES string of the molecule is C#CCNS(=O)(=O)c1ccc(CCN(C)Cc2cc(Cl)ccc2OCCCC)cc1.O=CCc1ccsc1. The summed E-state index contributed by atoms with van der Waals surface area (Å²) in [5.74, 6) is 3.14. The molecule has 0 unspecified atom stereocenters. The first-order valence-electron chi connectivity index (χ1n) is 12.4. The maximum absolute atomic E-state index is 12.1. The molecule has 9 heteroatoms. The minimum atomic E-state index is -3.56. The molecule has 1 heterocycles. The van der Waals surface area contributed by atoms with Gasteiger partial charge in [-0.25, -0.2) is 8.42 Å². The molecule has 2 aromatic carbocycles. The predicted molar refractivity (Wildman–Crippen MR) is 156 cm³/mol. The fraction of sp³-hybridized carbons (Fsp3) is 0.345. The topological polar surface area (TPSA) is 75.7 Å². The number of ether oxygens (including phenoxy) is 1. The monoisotopic (exact) mass is 574 g/mol. The van der Waals surface area contributed by atoms with Gasteiger partial charge in [-0.05, 0) is 78.2 Å². The Balaban J connectivity index is 0.000000538. The van der Waals surface area contributed by atoms with Gasteiger partial charge >= 0.3 is 0 Å². The number of carbonyl (C=O) groups excluding carboxylic acids is 1. The van der Waals surface area contributed by atoms with E-state index in [1.807, 2.05) is 54.2 Å². The summed E-state index contributed by atoms with van der Waals surface area (Å²) in [5, 5.41) is 4.64. The van der Waals surface area contributed by atoms with Crippen LogP contribution in [0.5, 0.6) is 5.75 Å². The Kier molecular flexibility index (Phi) is 14.1. The van der Waals surface area contributed by atoms with Crippen molar-refractivity contribution in [2.24, 2.45) is 0 Å². The lowest BCUT2D eigenvalue weighted by Gasteiger charge is -2.19. The number of nitrogens with one attached hydrogen (secondary N) is 1. The Labute approximate surface area is 236 Å². The molecule has 0 atom stereocenters. The van der Waals surface area contributed by atoms with E-state index in [-0.39, 0.29) is 11.4 Å². The van der Waals surface area contributed by atoms with Crippen molar-refractivity contribution < 1.29 is 17.9 Å². The van der Waals surface area contributed by atoms with Crippen molar-refractivity contribution in [1.82, 2.24) is 9.62 Å². The summed E-state index contributed by atoms with van der Waals surface area (Å²) in [4.78, 5) is 12.3. The smallest absolute Gasteiger partial charge is 0.241 e. The average molecular weight is 575 g/mol. The van der Waals surface area contributed by atoms with E-state index in [9.17, 15) is 13.2 Å². The van der Waals surface area contributed by atoms with Gasteiger partial charge in [-0.2, -0.15) is 16.1 Å². The van der Waals surface area contributed by atoms with Crippen molar-refractivity contribution in [2.75, 3.05) is 26.7 Å². The molecule has 0 aliphatic carbocycles. The van der Waals surface area contributed by atoms with Crippen molar-refractivity contribution in [3.05, 3.63) is 81.0 Å². The minimum absolute atomic E-state index is 0.0253. The number of carbonyl (C=O) groups is 1. The molecule has 0 fully saturated rings. The van der Waals surface area contributed by atoms with Crippen molar-refractivity contribution in [3.63, 3.8) is 0 Å². The Hall–Kier alpha value is -2.67. The molecule has 1 aromatic heterocycles. The van der Waals surface area contributed by atoms with Gasteiger partial charge in [0.05, 0.1) is 18.0 Å². The zero-order valence-electron chi connectivity index (χ0n) is 21.9. The summed E-state index contributed by atoms with van der Waals surface area (Å²) < 4.78 is 32.4. The van der Waals surface area contributed by atoms with Gasteiger partial charge in [-0.1, -0.05) is 43.0 Å². The number of terminal acetylenes is 1. The molecule has 0 radical (unpaired) electrons. The van der Waals surface area contributed by atoms with Crippen LogP contribution >= 0.6 is 22.9 Å². The van der Waals surface area contributed by atoms with E-state index in [4.69, 9.17) is 22.8 Å². The van der Waals surface area contributed by atoms with Gasteiger partial charge in [0.25, 0.3) is 0 Å². The molecule has 38 heavy (non-hydrogen) atoms. The summed E-state index contributed by atoms with van der Waals surface area (Å²) in [6, 6.07) is 14.5. The lowest BCUT2D eigenvalue weighted by atomic mass is 10.1. The Morgan fingerprint density at radius 3 is 2.55 bits per heavy atom. The Bertz CT molecular complexity index is 1250. The molecule has 0 saturated heterocycles. The molecule has 204 valence electrons. The molecule has 0 bridgehead atoms. The van der Waals surface area contributed by atoms with Crippen LogP contribution in [0.15, 0.2) is 64.2 Å². The molecular weight excluding hydrogens is 540 g/mol. The molecule has 0 spiro atoms. The molecule has 3 rings (SSSR count). The van der Waals surface area contributed by atoms with E-state index >= 15 is 0 Å². The first-order valence-corrected chi connectivity index (χ1v) is 15.2. The highest BCUT2D eigenvalue weighted by Crippen LogP contribution is 2.24. The number of likely N-dealkylation sites (N-methyl/N-ethyl adjacent to an activating group) is 1. The largest absolute Gasteiger partial charge is 0.493 e. The number of aldehydes is 1. The van der Waals surface area contributed by atoms with E-state index in [1.165, 1.54) is 0 Å². The van der Waals surface area contributed by atoms with Crippen LogP contribution in [0.25, 0.3) is 0 Å². The Morgan fingerprint density at radius 1 is 1.16 bits per heavy atom. The Morgan fingerprint density at radius 2 is 1.92 bits per heavy atom. The number of nitrogens with zero attached hydrogens (tertiary/aromatic N) is 1. The van der Waals surface area contributed by atoms with Crippen LogP contribution in [-0.4, -0.2) is 46.3 Å². The van der Waals surface area contributed by atoms with Crippen molar-refractivity contribution >= 4 is 39.2 Å². The third kappa shape index (κ3) is 11.4. The van der Waals surface area contributed by atoms with Crippen LogP contribution in [-0.2, 0) is 34.2 Å². The number of sulfonamides is 1. The minimum Gasteiger partial charge on any atom is -0.493 e.